The van der Waals surface area contributed by atoms with E-state index in [1.807, 2.05) is 0 Å². The third-order valence-electron chi connectivity index (χ3n) is 3.70. The SMILES string of the molecule is CC(=CCCNCC(C)C)CC1CCCCC1. The van der Waals surface area contributed by atoms with E-state index < -0.39 is 0 Å². The largest absolute Gasteiger partial charge is 0.316 e. The van der Waals surface area contributed by atoms with E-state index in [0.29, 0.717) is 0 Å². The van der Waals surface area contributed by atoms with Crippen LogP contribution in [0.5, 0.6) is 0 Å². The fraction of sp³-hybridized carbons (Fsp3) is 0.875. The Morgan fingerprint density at radius 3 is 2.59 bits per heavy atom. The molecule has 0 spiro atoms. The third-order valence-corrected chi connectivity index (χ3v) is 3.70. The van der Waals surface area contributed by atoms with Crippen LogP contribution in [0.4, 0.5) is 0 Å². The standard InChI is InChI=1S/C16H31N/c1-14(2)13-17-11-7-8-15(3)12-16-9-5-4-6-10-16/h8,14,16-17H,4-7,9-13H2,1-3H3. The predicted octanol–water partition coefficient (Wildman–Crippen LogP) is 4.54. The van der Waals surface area contributed by atoms with Gasteiger partial charge < -0.3 is 5.32 Å². The minimum atomic E-state index is 0.766. The Hall–Kier alpha value is -0.300. The molecule has 1 saturated carbocycles. The molecule has 1 fully saturated rings. The van der Waals surface area contributed by atoms with Gasteiger partial charge in [-0.3, -0.25) is 0 Å². The van der Waals surface area contributed by atoms with Crippen molar-refractivity contribution in [1.29, 1.82) is 0 Å². The highest BCUT2D eigenvalue weighted by Gasteiger charge is 2.13. The Kier molecular flexibility index (Phi) is 7.59. The number of hydrogen-bond acceptors (Lipinski definition) is 1. The van der Waals surface area contributed by atoms with Gasteiger partial charge in [0.05, 0.1) is 0 Å². The van der Waals surface area contributed by atoms with Crippen molar-refractivity contribution in [3.05, 3.63) is 11.6 Å². The monoisotopic (exact) mass is 237 g/mol. The molecule has 0 aromatic carbocycles. The second-order valence-electron chi connectivity index (χ2n) is 6.15. The van der Waals surface area contributed by atoms with E-state index >= 15 is 0 Å². The Bertz CT molecular complexity index is 212. The number of hydrogen-bond donors (Lipinski definition) is 1. The minimum Gasteiger partial charge on any atom is -0.316 e. The van der Waals surface area contributed by atoms with Crippen LogP contribution in [0.15, 0.2) is 11.6 Å². The summed E-state index contributed by atoms with van der Waals surface area (Å²) in [6, 6.07) is 0. The van der Waals surface area contributed by atoms with Crippen LogP contribution in [0.25, 0.3) is 0 Å². The first-order chi connectivity index (χ1) is 8.18. The number of nitrogens with one attached hydrogen (secondary N) is 1. The Balaban J connectivity index is 2.07. The lowest BCUT2D eigenvalue weighted by Gasteiger charge is -2.21. The van der Waals surface area contributed by atoms with Gasteiger partial charge in [0.2, 0.25) is 0 Å². The Morgan fingerprint density at radius 1 is 1.24 bits per heavy atom. The van der Waals surface area contributed by atoms with E-state index in [1.54, 1.807) is 5.57 Å². The van der Waals surface area contributed by atoms with Crippen molar-refractivity contribution in [2.45, 2.75) is 65.7 Å². The highest BCUT2D eigenvalue weighted by atomic mass is 14.8. The molecule has 0 radical (unpaired) electrons. The van der Waals surface area contributed by atoms with Crippen LogP contribution < -0.4 is 5.32 Å². The molecule has 0 saturated heterocycles. The molecule has 0 amide bonds. The van der Waals surface area contributed by atoms with Crippen LogP contribution in [0.1, 0.15) is 65.7 Å². The van der Waals surface area contributed by atoms with Crippen LogP contribution in [0, 0.1) is 11.8 Å². The molecule has 17 heavy (non-hydrogen) atoms. The maximum Gasteiger partial charge on any atom is -0.00141 e. The molecule has 1 N–H and O–H groups in total. The topological polar surface area (TPSA) is 12.0 Å². The van der Waals surface area contributed by atoms with Crippen LogP contribution >= 0.6 is 0 Å². The Labute approximate surface area is 108 Å². The first kappa shape index (κ1) is 14.8. The molecule has 1 rings (SSSR count). The van der Waals surface area contributed by atoms with E-state index in [0.717, 1.165) is 24.9 Å². The van der Waals surface area contributed by atoms with Gasteiger partial charge in [0.15, 0.2) is 0 Å². The average Bonchev–Trinajstić information content (AvgIpc) is 2.29. The summed E-state index contributed by atoms with van der Waals surface area (Å²) in [7, 11) is 0. The van der Waals surface area contributed by atoms with E-state index in [9.17, 15) is 0 Å². The quantitative estimate of drug-likeness (QED) is 0.506. The second-order valence-corrected chi connectivity index (χ2v) is 6.15. The molecular weight excluding hydrogens is 206 g/mol. The van der Waals surface area contributed by atoms with Crippen LogP contribution in [-0.4, -0.2) is 13.1 Å². The van der Waals surface area contributed by atoms with Gasteiger partial charge in [-0.2, -0.15) is 0 Å². The predicted molar refractivity (Wildman–Crippen MR) is 77.3 cm³/mol. The van der Waals surface area contributed by atoms with Gasteiger partial charge in [0.1, 0.15) is 0 Å². The number of allylic oxidation sites excluding steroid dienone is 1. The molecule has 1 aliphatic carbocycles. The van der Waals surface area contributed by atoms with E-state index in [2.05, 4.69) is 32.2 Å². The van der Waals surface area contributed by atoms with Crippen molar-refractivity contribution in [1.82, 2.24) is 5.32 Å². The summed E-state index contributed by atoms with van der Waals surface area (Å²) in [4.78, 5) is 0. The molecule has 0 aliphatic heterocycles. The number of rotatable bonds is 7. The second kappa shape index (κ2) is 8.74. The zero-order valence-corrected chi connectivity index (χ0v) is 12.1. The lowest BCUT2D eigenvalue weighted by atomic mass is 9.85. The van der Waals surface area contributed by atoms with Crippen LogP contribution in [-0.2, 0) is 0 Å². The third kappa shape index (κ3) is 7.59. The van der Waals surface area contributed by atoms with Gasteiger partial charge in [0, 0.05) is 0 Å². The fourth-order valence-corrected chi connectivity index (χ4v) is 2.74. The molecule has 0 bridgehead atoms. The summed E-state index contributed by atoms with van der Waals surface area (Å²) < 4.78 is 0. The molecular formula is C16H31N. The van der Waals surface area contributed by atoms with Crippen LogP contribution in [0.3, 0.4) is 0 Å². The van der Waals surface area contributed by atoms with Gasteiger partial charge >= 0.3 is 0 Å². The summed E-state index contributed by atoms with van der Waals surface area (Å²) in [5.41, 5.74) is 1.61. The normalized spacial score (nSPS) is 18.9. The first-order valence-corrected chi connectivity index (χ1v) is 7.55. The molecule has 0 aromatic rings. The van der Waals surface area contributed by atoms with E-state index in [4.69, 9.17) is 0 Å². The lowest BCUT2D eigenvalue weighted by molar-refractivity contribution is 0.355. The first-order valence-electron chi connectivity index (χ1n) is 7.55. The molecule has 1 nitrogen and oxygen atoms in total. The maximum absolute atomic E-state index is 3.50. The molecule has 1 heteroatoms. The Morgan fingerprint density at radius 2 is 1.94 bits per heavy atom. The molecule has 0 heterocycles. The summed E-state index contributed by atoms with van der Waals surface area (Å²) in [5, 5.41) is 3.50. The van der Waals surface area contributed by atoms with Crippen molar-refractivity contribution < 1.29 is 0 Å². The van der Waals surface area contributed by atoms with Crippen molar-refractivity contribution in [3.63, 3.8) is 0 Å². The molecule has 1 aliphatic rings. The zero-order valence-electron chi connectivity index (χ0n) is 12.1. The highest BCUT2D eigenvalue weighted by Crippen LogP contribution is 2.28. The fourth-order valence-electron chi connectivity index (χ4n) is 2.74. The van der Waals surface area contributed by atoms with Crippen molar-refractivity contribution in [3.8, 4) is 0 Å². The highest BCUT2D eigenvalue weighted by molar-refractivity contribution is 4.99. The van der Waals surface area contributed by atoms with Crippen molar-refractivity contribution in [2.24, 2.45) is 11.8 Å². The zero-order chi connectivity index (χ0) is 12.5. The van der Waals surface area contributed by atoms with E-state index in [1.165, 1.54) is 44.9 Å². The molecule has 0 atom stereocenters. The molecule has 0 aromatic heterocycles. The summed E-state index contributed by atoms with van der Waals surface area (Å²) in [6.45, 7) is 9.13. The summed E-state index contributed by atoms with van der Waals surface area (Å²) in [5.74, 6) is 1.76. The van der Waals surface area contributed by atoms with Gasteiger partial charge in [0.25, 0.3) is 0 Å². The average molecular weight is 237 g/mol. The van der Waals surface area contributed by atoms with Gasteiger partial charge in [-0.25, -0.2) is 0 Å². The maximum atomic E-state index is 3.50. The minimum absolute atomic E-state index is 0.766. The van der Waals surface area contributed by atoms with Crippen LogP contribution in [0.2, 0.25) is 0 Å². The van der Waals surface area contributed by atoms with Gasteiger partial charge in [-0.1, -0.05) is 57.6 Å². The summed E-state index contributed by atoms with van der Waals surface area (Å²) >= 11 is 0. The van der Waals surface area contributed by atoms with E-state index in [-0.39, 0.29) is 0 Å². The van der Waals surface area contributed by atoms with Gasteiger partial charge in [-0.05, 0) is 44.7 Å². The summed E-state index contributed by atoms with van der Waals surface area (Å²) in [6.07, 6.45) is 12.3. The van der Waals surface area contributed by atoms with Gasteiger partial charge in [-0.15, -0.1) is 0 Å². The molecule has 100 valence electrons. The smallest absolute Gasteiger partial charge is 0.00141 e. The molecule has 0 unspecified atom stereocenters. The van der Waals surface area contributed by atoms with Crippen molar-refractivity contribution in [2.75, 3.05) is 13.1 Å². The lowest BCUT2D eigenvalue weighted by Crippen LogP contribution is -2.20. The van der Waals surface area contributed by atoms with Crippen molar-refractivity contribution >= 4 is 0 Å².